The molecule has 0 spiro atoms. The van der Waals surface area contributed by atoms with Crippen LogP contribution in [0.3, 0.4) is 0 Å². The summed E-state index contributed by atoms with van der Waals surface area (Å²) in [6, 6.07) is 5.83. The molecular formula is C13H17Br2NO2. The summed E-state index contributed by atoms with van der Waals surface area (Å²) in [5.41, 5.74) is 2.66. The zero-order valence-electron chi connectivity index (χ0n) is 10.6. The molecule has 5 heteroatoms. The molecular weight excluding hydrogens is 362 g/mol. The van der Waals surface area contributed by atoms with E-state index < -0.39 is 0 Å². The van der Waals surface area contributed by atoms with Gasteiger partial charge in [-0.2, -0.15) is 0 Å². The van der Waals surface area contributed by atoms with Crippen LogP contribution in [0.1, 0.15) is 21.5 Å². The fourth-order valence-electron chi connectivity index (χ4n) is 1.41. The molecule has 0 bridgehead atoms. The molecule has 1 rings (SSSR count). The van der Waals surface area contributed by atoms with Crippen molar-refractivity contribution in [3.63, 3.8) is 0 Å². The van der Waals surface area contributed by atoms with E-state index in [0.717, 1.165) is 23.0 Å². The Morgan fingerprint density at radius 3 is 2.56 bits per heavy atom. The van der Waals surface area contributed by atoms with Gasteiger partial charge in [-0.3, -0.25) is 0 Å². The maximum absolute atomic E-state index is 12.0. The molecule has 0 aromatic heterocycles. The molecule has 0 atom stereocenters. The molecule has 0 unspecified atom stereocenters. The molecule has 0 fully saturated rings. The summed E-state index contributed by atoms with van der Waals surface area (Å²) >= 11 is 6.78. The van der Waals surface area contributed by atoms with Crippen molar-refractivity contribution in [3.8, 4) is 0 Å². The van der Waals surface area contributed by atoms with Gasteiger partial charge in [-0.05, 0) is 31.3 Å². The Labute approximate surface area is 125 Å². The highest BCUT2D eigenvalue weighted by Gasteiger charge is 2.13. The highest BCUT2D eigenvalue weighted by molar-refractivity contribution is 9.08. The Bertz CT molecular complexity index is 408. The number of carbonyl (C=O) groups is 1. The molecule has 0 saturated heterocycles. The first-order chi connectivity index (χ1) is 8.58. The number of ether oxygens (including phenoxy) is 1. The topological polar surface area (TPSA) is 29.5 Å². The number of likely N-dealkylation sites (N-methyl/N-ethyl adjacent to an activating group) is 1. The predicted molar refractivity (Wildman–Crippen MR) is 80.5 cm³/mol. The van der Waals surface area contributed by atoms with E-state index in [-0.39, 0.29) is 5.97 Å². The number of carbonyl (C=O) groups excluding carboxylic acids is 1. The number of hydrogen-bond acceptors (Lipinski definition) is 3. The third-order valence-corrected chi connectivity index (χ3v) is 3.72. The van der Waals surface area contributed by atoms with Gasteiger partial charge in [0.25, 0.3) is 0 Å². The van der Waals surface area contributed by atoms with E-state index in [1.54, 1.807) is 0 Å². The van der Waals surface area contributed by atoms with Gasteiger partial charge in [-0.25, -0.2) is 4.79 Å². The molecule has 0 N–H and O–H groups in total. The second-order valence-corrected chi connectivity index (χ2v) is 5.32. The smallest absolute Gasteiger partial charge is 0.338 e. The van der Waals surface area contributed by atoms with E-state index >= 15 is 0 Å². The van der Waals surface area contributed by atoms with Crippen molar-refractivity contribution in [1.29, 1.82) is 0 Å². The van der Waals surface area contributed by atoms with Gasteiger partial charge >= 0.3 is 5.97 Å². The van der Waals surface area contributed by atoms with Crippen molar-refractivity contribution >= 4 is 37.8 Å². The largest absolute Gasteiger partial charge is 0.461 e. The number of halogens is 2. The van der Waals surface area contributed by atoms with Gasteiger partial charge in [0.15, 0.2) is 0 Å². The van der Waals surface area contributed by atoms with Crippen LogP contribution in [0, 0.1) is 0 Å². The molecule has 1 aromatic rings. The van der Waals surface area contributed by atoms with Crippen molar-refractivity contribution in [1.82, 2.24) is 4.90 Å². The Hall–Kier alpha value is -0.390. The van der Waals surface area contributed by atoms with Gasteiger partial charge in [-0.15, -0.1) is 0 Å². The fourth-order valence-corrected chi connectivity index (χ4v) is 2.25. The number of benzene rings is 1. The highest BCUT2D eigenvalue weighted by Crippen LogP contribution is 2.18. The van der Waals surface area contributed by atoms with Crippen LogP contribution in [-0.4, -0.2) is 38.1 Å². The zero-order valence-corrected chi connectivity index (χ0v) is 13.8. The molecule has 18 heavy (non-hydrogen) atoms. The minimum absolute atomic E-state index is 0.255. The SMILES string of the molecule is CN(C)CCOC(=O)c1cc(CBr)ccc1CBr. The zero-order chi connectivity index (χ0) is 13.5. The van der Waals surface area contributed by atoms with Crippen molar-refractivity contribution in [3.05, 3.63) is 34.9 Å². The maximum atomic E-state index is 12.0. The van der Waals surface area contributed by atoms with Crippen molar-refractivity contribution in [2.24, 2.45) is 0 Å². The average Bonchev–Trinajstić information content (AvgIpc) is 2.37. The first-order valence-electron chi connectivity index (χ1n) is 5.64. The first kappa shape index (κ1) is 15.7. The number of nitrogens with zero attached hydrogens (tertiary/aromatic N) is 1. The van der Waals surface area contributed by atoms with E-state index in [4.69, 9.17) is 4.74 Å². The average molecular weight is 379 g/mol. The molecule has 0 saturated carbocycles. The van der Waals surface area contributed by atoms with Crippen LogP contribution < -0.4 is 0 Å². The number of rotatable bonds is 6. The molecule has 0 aliphatic carbocycles. The highest BCUT2D eigenvalue weighted by atomic mass is 79.9. The Balaban J connectivity index is 2.76. The Morgan fingerprint density at radius 1 is 1.28 bits per heavy atom. The van der Waals surface area contributed by atoms with Gasteiger partial charge in [0, 0.05) is 17.2 Å². The lowest BCUT2D eigenvalue weighted by Crippen LogP contribution is -2.20. The predicted octanol–water partition coefficient (Wildman–Crippen LogP) is 3.19. The molecule has 0 radical (unpaired) electrons. The van der Waals surface area contributed by atoms with Crippen LogP contribution in [0.25, 0.3) is 0 Å². The lowest BCUT2D eigenvalue weighted by Gasteiger charge is -2.12. The molecule has 0 heterocycles. The summed E-state index contributed by atoms with van der Waals surface area (Å²) in [5.74, 6) is -0.255. The molecule has 0 aliphatic rings. The fraction of sp³-hybridized carbons (Fsp3) is 0.462. The third-order valence-electron chi connectivity index (χ3n) is 2.46. The molecule has 0 amide bonds. The number of esters is 1. The van der Waals surface area contributed by atoms with Crippen molar-refractivity contribution in [2.45, 2.75) is 10.7 Å². The summed E-state index contributed by atoms with van der Waals surface area (Å²) in [7, 11) is 3.90. The third kappa shape index (κ3) is 4.71. The van der Waals surface area contributed by atoms with E-state index in [0.29, 0.717) is 17.5 Å². The van der Waals surface area contributed by atoms with Crippen LogP contribution >= 0.6 is 31.9 Å². The normalized spacial score (nSPS) is 10.7. The number of hydrogen-bond donors (Lipinski definition) is 0. The van der Waals surface area contributed by atoms with Crippen LogP contribution in [-0.2, 0) is 15.4 Å². The lowest BCUT2D eigenvalue weighted by atomic mass is 10.1. The first-order valence-corrected chi connectivity index (χ1v) is 7.88. The van der Waals surface area contributed by atoms with Crippen LogP contribution in [0.2, 0.25) is 0 Å². The van der Waals surface area contributed by atoms with E-state index in [9.17, 15) is 4.79 Å². The van der Waals surface area contributed by atoms with Gasteiger partial charge in [-0.1, -0.05) is 44.0 Å². The van der Waals surface area contributed by atoms with Gasteiger partial charge < -0.3 is 9.64 Å². The van der Waals surface area contributed by atoms with E-state index in [1.807, 2.05) is 37.2 Å². The van der Waals surface area contributed by atoms with Gasteiger partial charge in [0.05, 0.1) is 5.56 Å². The van der Waals surface area contributed by atoms with Crippen LogP contribution in [0.5, 0.6) is 0 Å². The standard InChI is InChI=1S/C13H17Br2NO2/c1-16(2)5-6-18-13(17)12-7-10(8-14)3-4-11(12)9-15/h3-4,7H,5-6,8-9H2,1-2H3. The quantitative estimate of drug-likeness (QED) is 0.562. The summed E-state index contributed by atoms with van der Waals surface area (Å²) < 4.78 is 5.26. The monoisotopic (exact) mass is 377 g/mol. The van der Waals surface area contributed by atoms with Gasteiger partial charge in [0.1, 0.15) is 6.61 Å². The second kappa shape index (κ2) is 7.92. The molecule has 0 aliphatic heterocycles. The summed E-state index contributed by atoms with van der Waals surface area (Å²) in [6.45, 7) is 1.14. The summed E-state index contributed by atoms with van der Waals surface area (Å²) in [4.78, 5) is 14.0. The molecule has 1 aromatic carbocycles. The van der Waals surface area contributed by atoms with Gasteiger partial charge in [0.2, 0.25) is 0 Å². The maximum Gasteiger partial charge on any atom is 0.338 e. The molecule has 3 nitrogen and oxygen atoms in total. The Kier molecular flexibility index (Phi) is 6.89. The van der Waals surface area contributed by atoms with Crippen molar-refractivity contribution < 1.29 is 9.53 Å². The van der Waals surface area contributed by atoms with E-state index in [1.165, 1.54) is 0 Å². The Morgan fingerprint density at radius 2 is 2.00 bits per heavy atom. The van der Waals surface area contributed by atoms with Crippen LogP contribution in [0.15, 0.2) is 18.2 Å². The summed E-state index contributed by atoms with van der Waals surface area (Å²) in [5, 5.41) is 1.38. The summed E-state index contributed by atoms with van der Waals surface area (Å²) in [6.07, 6.45) is 0. The molecule has 100 valence electrons. The second-order valence-electron chi connectivity index (χ2n) is 4.20. The number of alkyl halides is 2. The van der Waals surface area contributed by atoms with Crippen molar-refractivity contribution in [2.75, 3.05) is 27.2 Å². The van der Waals surface area contributed by atoms with E-state index in [2.05, 4.69) is 31.9 Å². The van der Waals surface area contributed by atoms with Crippen LogP contribution in [0.4, 0.5) is 0 Å². The lowest BCUT2D eigenvalue weighted by molar-refractivity contribution is 0.0481. The minimum atomic E-state index is -0.255. The minimum Gasteiger partial charge on any atom is -0.461 e.